The van der Waals surface area contributed by atoms with Crippen LogP contribution in [0.2, 0.25) is 0 Å². The van der Waals surface area contributed by atoms with Crippen molar-refractivity contribution in [3.05, 3.63) is 84.4 Å². The first-order valence-corrected chi connectivity index (χ1v) is 6.74. The van der Waals surface area contributed by atoms with Crippen molar-refractivity contribution in [2.75, 3.05) is 0 Å². The normalized spacial score (nSPS) is 9.95. The van der Waals surface area contributed by atoms with E-state index in [1.807, 2.05) is 61.5 Å². The van der Waals surface area contributed by atoms with Gasteiger partial charge in [0.15, 0.2) is 0 Å². The zero-order valence-corrected chi connectivity index (χ0v) is 12.1. The fourth-order valence-corrected chi connectivity index (χ4v) is 1.88. The van der Waals surface area contributed by atoms with Gasteiger partial charge in [-0.05, 0) is 23.6 Å². The molecule has 0 fully saturated rings. The Morgan fingerprint density at radius 2 is 1.52 bits per heavy atom. The lowest BCUT2D eigenvalue weighted by molar-refractivity contribution is -0.137. The number of hydrogen-bond acceptors (Lipinski definition) is 2. The maximum atomic E-state index is 12.0. The van der Waals surface area contributed by atoms with E-state index in [1.54, 1.807) is 0 Å². The van der Waals surface area contributed by atoms with E-state index < -0.39 is 5.97 Å². The van der Waals surface area contributed by atoms with Crippen molar-refractivity contribution < 1.29 is 9.53 Å². The molecule has 0 aromatic heterocycles. The monoisotopic (exact) mass is 278 g/mol. The van der Waals surface area contributed by atoms with Crippen LogP contribution < -0.4 is 0 Å². The molecule has 0 saturated carbocycles. The number of allylic oxidation sites excluding steroid dienone is 1. The molecule has 0 unspecified atom stereocenters. The predicted octanol–water partition coefficient (Wildman–Crippen LogP) is 4.48. The average Bonchev–Trinajstić information content (AvgIpc) is 2.53. The highest BCUT2D eigenvalue weighted by Gasteiger charge is 2.11. The summed E-state index contributed by atoms with van der Waals surface area (Å²) in [5, 5.41) is 0. The van der Waals surface area contributed by atoms with Gasteiger partial charge in [0.1, 0.15) is 6.61 Å². The standard InChI is InChI=1S/C19H18O2/c1-14(2)17-9-11-18(12-10-17)15(3)19(20)21-13-16-7-5-4-6-8-16/h4-12H,1,3,13H2,2H3. The molecule has 2 heteroatoms. The summed E-state index contributed by atoms with van der Waals surface area (Å²) in [5.41, 5.74) is 4.11. The number of esters is 1. The van der Waals surface area contributed by atoms with E-state index in [-0.39, 0.29) is 6.61 Å². The van der Waals surface area contributed by atoms with Gasteiger partial charge in [-0.15, -0.1) is 0 Å². The number of hydrogen-bond donors (Lipinski definition) is 0. The first-order valence-electron chi connectivity index (χ1n) is 6.74. The molecule has 21 heavy (non-hydrogen) atoms. The zero-order chi connectivity index (χ0) is 15.2. The second-order valence-corrected chi connectivity index (χ2v) is 4.90. The minimum atomic E-state index is -0.401. The average molecular weight is 278 g/mol. The molecule has 0 spiro atoms. The van der Waals surface area contributed by atoms with Crippen LogP contribution in [0.5, 0.6) is 0 Å². The summed E-state index contributed by atoms with van der Waals surface area (Å²) in [6.07, 6.45) is 0. The minimum absolute atomic E-state index is 0.253. The first-order chi connectivity index (χ1) is 10.1. The van der Waals surface area contributed by atoms with E-state index in [2.05, 4.69) is 13.2 Å². The molecule has 0 aliphatic heterocycles. The molecule has 2 rings (SSSR count). The summed E-state index contributed by atoms with van der Waals surface area (Å²) in [6.45, 7) is 9.89. The lowest BCUT2D eigenvalue weighted by Crippen LogP contribution is -2.06. The molecular weight excluding hydrogens is 260 g/mol. The van der Waals surface area contributed by atoms with Gasteiger partial charge in [0.2, 0.25) is 0 Å². The fourth-order valence-electron chi connectivity index (χ4n) is 1.88. The SMILES string of the molecule is C=C(C)c1ccc(C(=C)C(=O)OCc2ccccc2)cc1. The van der Waals surface area contributed by atoms with Gasteiger partial charge in [-0.3, -0.25) is 0 Å². The maximum Gasteiger partial charge on any atom is 0.338 e. The molecule has 2 aromatic rings. The Balaban J connectivity index is 1.99. The molecule has 0 radical (unpaired) electrons. The summed E-state index contributed by atoms with van der Waals surface area (Å²) in [4.78, 5) is 12.0. The lowest BCUT2D eigenvalue weighted by Gasteiger charge is -2.08. The highest BCUT2D eigenvalue weighted by atomic mass is 16.5. The molecule has 0 amide bonds. The van der Waals surface area contributed by atoms with E-state index >= 15 is 0 Å². The molecule has 2 aromatic carbocycles. The molecule has 0 atom stereocenters. The van der Waals surface area contributed by atoms with E-state index in [9.17, 15) is 4.79 Å². The number of carbonyl (C=O) groups excluding carboxylic acids is 1. The largest absolute Gasteiger partial charge is 0.457 e. The van der Waals surface area contributed by atoms with E-state index in [0.717, 1.165) is 22.3 Å². The Kier molecular flexibility index (Phi) is 4.72. The van der Waals surface area contributed by atoms with Crippen LogP contribution in [0.4, 0.5) is 0 Å². The zero-order valence-electron chi connectivity index (χ0n) is 12.1. The molecule has 0 saturated heterocycles. The molecule has 0 aliphatic rings. The third kappa shape index (κ3) is 3.93. The second kappa shape index (κ2) is 6.71. The van der Waals surface area contributed by atoms with Crippen molar-refractivity contribution >= 4 is 17.1 Å². The Hall–Kier alpha value is -2.61. The van der Waals surface area contributed by atoms with Crippen molar-refractivity contribution in [3.63, 3.8) is 0 Å². The second-order valence-electron chi connectivity index (χ2n) is 4.90. The van der Waals surface area contributed by atoms with Crippen molar-refractivity contribution in [2.45, 2.75) is 13.5 Å². The van der Waals surface area contributed by atoms with Crippen molar-refractivity contribution in [1.29, 1.82) is 0 Å². The number of ether oxygens (including phenoxy) is 1. The Morgan fingerprint density at radius 3 is 2.10 bits per heavy atom. The highest BCUT2D eigenvalue weighted by Crippen LogP contribution is 2.18. The van der Waals surface area contributed by atoms with Gasteiger partial charge in [0.05, 0.1) is 5.57 Å². The minimum Gasteiger partial charge on any atom is -0.457 e. The van der Waals surface area contributed by atoms with Crippen LogP contribution >= 0.6 is 0 Å². The van der Waals surface area contributed by atoms with Crippen molar-refractivity contribution in [3.8, 4) is 0 Å². The van der Waals surface area contributed by atoms with Crippen LogP contribution in [0.3, 0.4) is 0 Å². The number of rotatable bonds is 5. The lowest BCUT2D eigenvalue weighted by atomic mass is 10.0. The van der Waals surface area contributed by atoms with E-state index in [0.29, 0.717) is 5.57 Å². The maximum absolute atomic E-state index is 12.0. The van der Waals surface area contributed by atoms with Gasteiger partial charge in [0, 0.05) is 0 Å². The molecule has 2 nitrogen and oxygen atoms in total. The molecule has 0 N–H and O–H groups in total. The van der Waals surface area contributed by atoms with Crippen LogP contribution in [0.15, 0.2) is 67.8 Å². The van der Waals surface area contributed by atoms with Crippen LogP contribution in [0, 0.1) is 0 Å². The predicted molar refractivity (Wildman–Crippen MR) is 86.4 cm³/mol. The van der Waals surface area contributed by atoms with Gasteiger partial charge < -0.3 is 4.74 Å². The van der Waals surface area contributed by atoms with Crippen molar-refractivity contribution in [1.82, 2.24) is 0 Å². The molecular formula is C19H18O2. The Labute approximate surface area is 125 Å². The molecule has 0 bridgehead atoms. The van der Waals surface area contributed by atoms with Crippen LogP contribution in [0.25, 0.3) is 11.1 Å². The van der Waals surface area contributed by atoms with Gasteiger partial charge in [-0.25, -0.2) is 4.79 Å². The number of benzene rings is 2. The third-order valence-corrected chi connectivity index (χ3v) is 3.19. The Morgan fingerprint density at radius 1 is 0.952 bits per heavy atom. The van der Waals surface area contributed by atoms with Crippen LogP contribution in [0.1, 0.15) is 23.6 Å². The summed E-state index contributed by atoms with van der Waals surface area (Å²) in [5.74, 6) is -0.401. The molecule has 0 aliphatic carbocycles. The summed E-state index contributed by atoms with van der Waals surface area (Å²) in [6, 6.07) is 17.1. The fraction of sp³-hybridized carbons (Fsp3) is 0.105. The molecule has 0 heterocycles. The number of carbonyl (C=O) groups is 1. The van der Waals surface area contributed by atoms with Gasteiger partial charge in [0.25, 0.3) is 0 Å². The van der Waals surface area contributed by atoms with E-state index in [1.165, 1.54) is 0 Å². The smallest absolute Gasteiger partial charge is 0.338 e. The summed E-state index contributed by atoms with van der Waals surface area (Å²) >= 11 is 0. The highest BCUT2D eigenvalue weighted by molar-refractivity contribution is 6.15. The van der Waals surface area contributed by atoms with Crippen LogP contribution in [-0.2, 0) is 16.1 Å². The Bertz CT molecular complexity index is 652. The third-order valence-electron chi connectivity index (χ3n) is 3.19. The first kappa shape index (κ1) is 14.8. The van der Waals surface area contributed by atoms with Gasteiger partial charge in [-0.2, -0.15) is 0 Å². The van der Waals surface area contributed by atoms with Gasteiger partial charge >= 0.3 is 5.97 Å². The van der Waals surface area contributed by atoms with Gasteiger partial charge in [-0.1, -0.05) is 73.3 Å². The molecule has 106 valence electrons. The summed E-state index contributed by atoms with van der Waals surface area (Å²) < 4.78 is 5.27. The summed E-state index contributed by atoms with van der Waals surface area (Å²) in [7, 11) is 0. The quantitative estimate of drug-likeness (QED) is 0.595. The van der Waals surface area contributed by atoms with Crippen LogP contribution in [-0.4, -0.2) is 5.97 Å². The van der Waals surface area contributed by atoms with E-state index in [4.69, 9.17) is 4.74 Å². The topological polar surface area (TPSA) is 26.3 Å². The van der Waals surface area contributed by atoms with Crippen molar-refractivity contribution in [2.24, 2.45) is 0 Å².